The maximum atomic E-state index is 13.7. The Morgan fingerprint density at radius 1 is 1.24 bits per heavy atom. The van der Waals surface area contributed by atoms with Crippen molar-refractivity contribution in [2.24, 2.45) is 16.1 Å². The van der Waals surface area contributed by atoms with Gasteiger partial charge in [0.1, 0.15) is 6.34 Å². The van der Waals surface area contributed by atoms with Crippen LogP contribution < -0.4 is 5.69 Å². The molecule has 1 aromatic heterocycles. The quantitative estimate of drug-likeness (QED) is 0.245. The van der Waals surface area contributed by atoms with E-state index in [1.807, 2.05) is 18.0 Å². The predicted molar refractivity (Wildman–Crippen MR) is 125 cm³/mol. The first-order chi connectivity index (χ1) is 16.2. The zero-order valence-electron chi connectivity index (χ0n) is 18.7. The molecular formula is C24H26F3N5O2. The Hall–Kier alpha value is -3.69. The van der Waals surface area contributed by atoms with Gasteiger partial charge in [-0.05, 0) is 42.5 Å². The molecule has 10 heteroatoms. The Bertz CT molecular complexity index is 1160. The fraction of sp³-hybridized carbons (Fsp3) is 0.333. The summed E-state index contributed by atoms with van der Waals surface area (Å²) in [4.78, 5) is 26.0. The second kappa shape index (κ2) is 11.0. The van der Waals surface area contributed by atoms with Crippen LogP contribution in [0.25, 0.3) is 5.69 Å². The summed E-state index contributed by atoms with van der Waals surface area (Å²) >= 11 is 0. The molecule has 1 aliphatic rings. The van der Waals surface area contributed by atoms with Gasteiger partial charge < -0.3 is 4.90 Å². The molecule has 0 aliphatic heterocycles. The van der Waals surface area contributed by atoms with Crippen LogP contribution in [0.4, 0.5) is 13.2 Å². The highest BCUT2D eigenvalue weighted by Crippen LogP contribution is 2.40. The molecule has 1 saturated carbocycles. The van der Waals surface area contributed by atoms with E-state index in [1.54, 1.807) is 24.5 Å². The lowest BCUT2D eigenvalue weighted by Crippen LogP contribution is -2.35. The van der Waals surface area contributed by atoms with E-state index in [-0.39, 0.29) is 28.0 Å². The van der Waals surface area contributed by atoms with Gasteiger partial charge in [0.25, 0.3) is 0 Å². The molecule has 3 rings (SSSR count). The van der Waals surface area contributed by atoms with Gasteiger partial charge in [-0.3, -0.25) is 9.36 Å². The topological polar surface area (TPSA) is 72.0 Å². The molecule has 1 aromatic carbocycles. The van der Waals surface area contributed by atoms with Crippen molar-refractivity contribution in [3.63, 3.8) is 0 Å². The van der Waals surface area contributed by atoms with Crippen LogP contribution in [-0.2, 0) is 6.30 Å². The Morgan fingerprint density at radius 3 is 2.62 bits per heavy atom. The van der Waals surface area contributed by atoms with Crippen molar-refractivity contribution in [1.29, 1.82) is 0 Å². The third-order valence-electron chi connectivity index (χ3n) is 5.84. The molecule has 1 fully saturated rings. The van der Waals surface area contributed by atoms with Crippen molar-refractivity contribution < 1.29 is 18.0 Å². The lowest BCUT2D eigenvalue weighted by atomic mass is 9.73. The van der Waals surface area contributed by atoms with Crippen molar-refractivity contribution in [2.75, 3.05) is 13.6 Å². The van der Waals surface area contributed by atoms with Crippen LogP contribution in [0, 0.1) is 5.92 Å². The SMILES string of the molecule is C=N/N=C\N(C)CC(c1cccc(-n2ccccc(C=O)cn(C(F)(F)F)c2=O)c1)C1CCC1. The summed E-state index contributed by atoms with van der Waals surface area (Å²) in [5.41, 5.74) is -0.425. The third-order valence-corrected chi connectivity index (χ3v) is 5.84. The molecule has 7 nitrogen and oxygen atoms in total. The molecule has 0 amide bonds. The van der Waals surface area contributed by atoms with E-state index in [0.29, 0.717) is 18.7 Å². The molecule has 1 aliphatic carbocycles. The van der Waals surface area contributed by atoms with Crippen LogP contribution >= 0.6 is 0 Å². The minimum absolute atomic E-state index is 0.0896. The van der Waals surface area contributed by atoms with E-state index in [0.717, 1.165) is 29.4 Å². The van der Waals surface area contributed by atoms with Crippen LogP contribution in [0.3, 0.4) is 0 Å². The summed E-state index contributed by atoms with van der Waals surface area (Å²) in [6.07, 6.45) is 1.79. The molecule has 0 saturated heterocycles. The number of carbonyl (C=O) groups excluding carboxylic acids is 1. The number of hydrogen-bond acceptors (Lipinski definition) is 4. The van der Waals surface area contributed by atoms with Gasteiger partial charge in [-0.1, -0.05) is 30.7 Å². The summed E-state index contributed by atoms with van der Waals surface area (Å²) in [6.45, 7) is 3.95. The minimum Gasteiger partial charge on any atom is -0.364 e. The minimum atomic E-state index is -5.01. The molecule has 34 heavy (non-hydrogen) atoms. The second-order valence-electron chi connectivity index (χ2n) is 8.14. The van der Waals surface area contributed by atoms with Crippen molar-refractivity contribution in [1.82, 2.24) is 14.0 Å². The Morgan fingerprint density at radius 2 is 2.00 bits per heavy atom. The highest BCUT2D eigenvalue weighted by Gasteiger charge is 2.33. The predicted octanol–water partition coefficient (Wildman–Crippen LogP) is 4.51. The fourth-order valence-corrected chi connectivity index (χ4v) is 3.93. The van der Waals surface area contributed by atoms with Crippen LogP contribution in [0.2, 0.25) is 0 Å². The van der Waals surface area contributed by atoms with Gasteiger partial charge in [-0.2, -0.15) is 5.10 Å². The number of halogens is 3. The largest absolute Gasteiger partial charge is 0.492 e. The zero-order chi connectivity index (χ0) is 24.7. The van der Waals surface area contributed by atoms with Gasteiger partial charge in [-0.15, -0.1) is 18.3 Å². The lowest BCUT2D eigenvalue weighted by molar-refractivity contribution is -0.207. The van der Waals surface area contributed by atoms with E-state index in [2.05, 4.69) is 16.9 Å². The average molecular weight is 473 g/mol. The highest BCUT2D eigenvalue weighted by atomic mass is 19.4. The number of nitrogens with zero attached hydrogens (tertiary/aromatic N) is 5. The number of hydrogen-bond donors (Lipinski definition) is 0. The summed E-state index contributed by atoms with van der Waals surface area (Å²) in [5, 5.41) is 7.28. The molecule has 1 atom stereocenters. The van der Waals surface area contributed by atoms with E-state index in [4.69, 9.17) is 0 Å². The Balaban J connectivity index is 2.13. The van der Waals surface area contributed by atoms with Gasteiger partial charge in [0, 0.05) is 44.2 Å². The van der Waals surface area contributed by atoms with Gasteiger partial charge in [-0.25, -0.2) is 9.36 Å². The molecule has 0 bridgehead atoms. The van der Waals surface area contributed by atoms with Crippen LogP contribution in [0.5, 0.6) is 0 Å². The Kier molecular flexibility index (Phi) is 8.04. The molecule has 0 radical (unpaired) electrons. The normalized spacial score (nSPS) is 14.8. The van der Waals surface area contributed by atoms with Crippen LogP contribution in [-0.4, -0.2) is 47.0 Å². The third kappa shape index (κ3) is 6.00. The molecule has 2 aromatic rings. The zero-order valence-corrected chi connectivity index (χ0v) is 18.7. The lowest BCUT2D eigenvalue weighted by Gasteiger charge is -2.36. The van der Waals surface area contributed by atoms with E-state index in [9.17, 15) is 22.8 Å². The van der Waals surface area contributed by atoms with E-state index < -0.39 is 12.0 Å². The highest BCUT2D eigenvalue weighted by molar-refractivity contribution is 5.73. The number of alkyl halides is 3. The van der Waals surface area contributed by atoms with Crippen LogP contribution in [0.15, 0.2) is 69.9 Å². The van der Waals surface area contributed by atoms with E-state index >= 15 is 0 Å². The average Bonchev–Trinajstić information content (AvgIpc) is 2.84. The van der Waals surface area contributed by atoms with Crippen molar-refractivity contribution in [3.05, 3.63) is 76.5 Å². The second-order valence-corrected chi connectivity index (χ2v) is 8.14. The van der Waals surface area contributed by atoms with Gasteiger partial charge >= 0.3 is 12.0 Å². The summed E-state index contributed by atoms with van der Waals surface area (Å²) in [5.74, 6) is 0.504. The number of rotatable bonds is 8. The standard InChI is InChI=1S/C24H26F3N5O2/c1-28-29-17-30(2)15-22(19-8-5-9-19)20-10-6-11-21(13-20)31-12-4-3-7-18(16-33)14-32(23(31)34)24(25,26)27/h3-4,6-7,10-14,16-17,19,22H,1,5,8-9,15H2,2H3/b7-3?,12-4?,18-14?,29-17-. The number of aromatic nitrogens is 2. The smallest absolute Gasteiger partial charge is 0.364 e. The number of benzene rings is 1. The number of aldehydes is 1. The van der Waals surface area contributed by atoms with Crippen molar-refractivity contribution in [2.45, 2.75) is 31.5 Å². The monoisotopic (exact) mass is 473 g/mol. The molecule has 180 valence electrons. The molecular weight excluding hydrogens is 447 g/mol. The Labute approximate surface area is 195 Å². The molecule has 1 heterocycles. The molecule has 0 spiro atoms. The number of likely N-dealkylation sites (N-methyl/N-ethyl adjacent to an activating group) is 1. The summed E-state index contributed by atoms with van der Waals surface area (Å²) in [7, 11) is 1.86. The molecule has 0 N–H and O–H groups in total. The van der Waals surface area contributed by atoms with Crippen LogP contribution in [0.1, 0.15) is 41.1 Å². The van der Waals surface area contributed by atoms with Gasteiger partial charge in [0.2, 0.25) is 0 Å². The molecule has 1 unspecified atom stereocenters. The maximum absolute atomic E-state index is 13.7. The van der Waals surface area contributed by atoms with Crippen molar-refractivity contribution >= 4 is 19.3 Å². The first-order valence-corrected chi connectivity index (χ1v) is 10.7. The number of carbonyl (C=O) groups is 1. The first kappa shape index (κ1) is 24.9. The van der Waals surface area contributed by atoms with E-state index in [1.165, 1.54) is 24.4 Å². The first-order valence-electron chi connectivity index (χ1n) is 10.7. The van der Waals surface area contributed by atoms with Gasteiger partial charge in [0.05, 0.1) is 5.69 Å². The maximum Gasteiger partial charge on any atom is 0.492 e. The summed E-state index contributed by atoms with van der Waals surface area (Å²) in [6, 6.07) is 11.0. The van der Waals surface area contributed by atoms with Gasteiger partial charge in [0.15, 0.2) is 6.29 Å². The fourth-order valence-electron chi connectivity index (χ4n) is 3.93. The van der Waals surface area contributed by atoms with Crippen molar-refractivity contribution in [3.8, 4) is 5.69 Å². The summed E-state index contributed by atoms with van der Waals surface area (Å²) < 4.78 is 41.6.